The monoisotopic (exact) mass is 205 g/mol. The van der Waals surface area contributed by atoms with Gasteiger partial charge in [-0.15, -0.1) is 0 Å². The van der Waals surface area contributed by atoms with E-state index in [-0.39, 0.29) is 12.3 Å². The molecule has 0 radical (unpaired) electrons. The average Bonchev–Trinajstić information content (AvgIpc) is 2.79. The number of nitrogens with zero attached hydrogens (tertiary/aromatic N) is 3. The molecule has 0 aliphatic carbocycles. The van der Waals surface area contributed by atoms with Crippen LogP contribution in [0.25, 0.3) is 0 Å². The van der Waals surface area contributed by atoms with Gasteiger partial charge in [0.15, 0.2) is 0 Å². The fourth-order valence-electron chi connectivity index (χ4n) is 1.29. The van der Waals surface area contributed by atoms with Crippen LogP contribution in [0.4, 0.5) is 5.69 Å². The maximum atomic E-state index is 11.7. The molecule has 0 bridgehead atoms. The van der Waals surface area contributed by atoms with Crippen molar-refractivity contribution < 1.29 is 4.79 Å². The van der Waals surface area contributed by atoms with Gasteiger partial charge in [0.25, 0.3) is 5.91 Å². The molecule has 0 saturated heterocycles. The van der Waals surface area contributed by atoms with Crippen LogP contribution in [-0.4, -0.2) is 25.9 Å². The van der Waals surface area contributed by atoms with Gasteiger partial charge in [0.05, 0.1) is 24.0 Å². The lowest BCUT2D eigenvalue weighted by molar-refractivity contribution is 0.0895. The molecule has 2 aromatic rings. The molecule has 3 N–H and O–H groups in total. The van der Waals surface area contributed by atoms with E-state index in [0.29, 0.717) is 11.4 Å². The van der Waals surface area contributed by atoms with E-state index in [0.717, 1.165) is 5.69 Å². The van der Waals surface area contributed by atoms with Gasteiger partial charge in [-0.25, -0.2) is 4.68 Å². The van der Waals surface area contributed by atoms with E-state index in [1.54, 1.807) is 19.2 Å². The van der Waals surface area contributed by atoms with Crippen LogP contribution in [0.1, 0.15) is 16.2 Å². The number of nitrogens with one attached hydrogen (secondary N) is 1. The molecule has 0 amide bonds. The fourth-order valence-corrected chi connectivity index (χ4v) is 1.29. The summed E-state index contributed by atoms with van der Waals surface area (Å²) in [6.07, 6.45) is 3.31. The second-order valence-electron chi connectivity index (χ2n) is 3.25. The van der Waals surface area contributed by atoms with Crippen molar-refractivity contribution in [1.29, 1.82) is 0 Å². The molecule has 0 saturated carbocycles. The molecule has 15 heavy (non-hydrogen) atoms. The van der Waals surface area contributed by atoms with E-state index in [4.69, 9.17) is 5.73 Å². The third-order valence-corrected chi connectivity index (χ3v) is 2.18. The highest BCUT2D eigenvalue weighted by molar-refractivity contribution is 5.81. The first-order valence-corrected chi connectivity index (χ1v) is 4.50. The SMILES string of the molecule is Cc1c(N)cnn1C(=O)Cc1ccn[nH]1. The number of nitrogens with two attached hydrogens (primary N) is 1. The Morgan fingerprint density at radius 3 is 3.00 bits per heavy atom. The summed E-state index contributed by atoms with van der Waals surface area (Å²) in [6.45, 7) is 1.76. The molecule has 0 atom stereocenters. The zero-order valence-corrected chi connectivity index (χ0v) is 8.27. The van der Waals surface area contributed by atoms with Gasteiger partial charge in [0, 0.05) is 11.9 Å². The van der Waals surface area contributed by atoms with Gasteiger partial charge in [0.2, 0.25) is 0 Å². The summed E-state index contributed by atoms with van der Waals surface area (Å²) in [4.78, 5) is 11.7. The van der Waals surface area contributed by atoms with Gasteiger partial charge < -0.3 is 5.73 Å². The normalized spacial score (nSPS) is 10.5. The Morgan fingerprint density at radius 1 is 1.67 bits per heavy atom. The first-order valence-electron chi connectivity index (χ1n) is 4.50. The number of carbonyl (C=O) groups is 1. The van der Waals surface area contributed by atoms with Crippen molar-refractivity contribution in [2.24, 2.45) is 0 Å². The average molecular weight is 205 g/mol. The van der Waals surface area contributed by atoms with Gasteiger partial charge in [-0.05, 0) is 13.0 Å². The van der Waals surface area contributed by atoms with Gasteiger partial charge in [-0.2, -0.15) is 10.2 Å². The van der Waals surface area contributed by atoms with Crippen LogP contribution >= 0.6 is 0 Å². The third kappa shape index (κ3) is 1.74. The summed E-state index contributed by atoms with van der Waals surface area (Å²) in [5.74, 6) is -0.131. The standard InChI is InChI=1S/C9H11N5O/c1-6-8(10)5-12-14(6)9(15)4-7-2-3-11-13-7/h2-3,5H,4,10H2,1H3,(H,11,13). The maximum absolute atomic E-state index is 11.7. The summed E-state index contributed by atoms with van der Waals surface area (Å²) in [5.41, 5.74) is 7.54. The summed E-state index contributed by atoms with van der Waals surface area (Å²) in [5, 5.41) is 10.4. The Labute approximate surface area is 86.1 Å². The lowest BCUT2D eigenvalue weighted by atomic mass is 10.3. The molecular formula is C9H11N5O. The van der Waals surface area contributed by atoms with Crippen molar-refractivity contribution in [3.63, 3.8) is 0 Å². The third-order valence-electron chi connectivity index (χ3n) is 2.18. The largest absolute Gasteiger partial charge is 0.396 e. The van der Waals surface area contributed by atoms with Crippen molar-refractivity contribution in [3.8, 4) is 0 Å². The zero-order chi connectivity index (χ0) is 10.8. The fraction of sp³-hybridized carbons (Fsp3) is 0.222. The van der Waals surface area contributed by atoms with Crippen molar-refractivity contribution in [2.45, 2.75) is 13.3 Å². The van der Waals surface area contributed by atoms with Crippen molar-refractivity contribution in [2.75, 3.05) is 5.73 Å². The molecular weight excluding hydrogens is 194 g/mol. The molecule has 2 aromatic heterocycles. The Morgan fingerprint density at radius 2 is 2.47 bits per heavy atom. The van der Waals surface area contributed by atoms with Gasteiger partial charge in [0.1, 0.15) is 0 Å². The number of anilines is 1. The molecule has 0 fully saturated rings. The topological polar surface area (TPSA) is 89.6 Å². The zero-order valence-electron chi connectivity index (χ0n) is 8.27. The Hall–Kier alpha value is -2.11. The second-order valence-corrected chi connectivity index (χ2v) is 3.25. The molecule has 6 nitrogen and oxygen atoms in total. The van der Waals surface area contributed by atoms with E-state index in [1.165, 1.54) is 10.9 Å². The quantitative estimate of drug-likeness (QED) is 0.741. The second kappa shape index (κ2) is 3.56. The summed E-state index contributed by atoms with van der Waals surface area (Å²) < 4.78 is 1.30. The molecule has 78 valence electrons. The summed E-state index contributed by atoms with van der Waals surface area (Å²) in [6, 6.07) is 1.75. The lowest BCUT2D eigenvalue weighted by Crippen LogP contribution is -2.16. The molecule has 0 aliphatic heterocycles. The number of carbonyl (C=O) groups excluding carboxylic acids is 1. The smallest absolute Gasteiger partial charge is 0.253 e. The Balaban J connectivity index is 2.19. The minimum atomic E-state index is -0.131. The molecule has 0 unspecified atom stereocenters. The summed E-state index contributed by atoms with van der Waals surface area (Å²) >= 11 is 0. The number of aromatic nitrogens is 4. The molecule has 2 heterocycles. The van der Waals surface area contributed by atoms with Crippen LogP contribution in [0.2, 0.25) is 0 Å². The molecule has 2 rings (SSSR count). The Bertz CT molecular complexity index is 471. The molecule has 0 aliphatic rings. The van der Waals surface area contributed by atoms with E-state index < -0.39 is 0 Å². The first kappa shape index (κ1) is 9.45. The van der Waals surface area contributed by atoms with Gasteiger partial charge >= 0.3 is 0 Å². The minimum absolute atomic E-state index is 0.131. The predicted molar refractivity (Wildman–Crippen MR) is 54.3 cm³/mol. The number of hydrogen-bond donors (Lipinski definition) is 2. The minimum Gasteiger partial charge on any atom is -0.396 e. The summed E-state index contributed by atoms with van der Waals surface area (Å²) in [7, 11) is 0. The highest BCUT2D eigenvalue weighted by Gasteiger charge is 2.12. The van der Waals surface area contributed by atoms with Crippen LogP contribution in [-0.2, 0) is 6.42 Å². The van der Waals surface area contributed by atoms with E-state index in [2.05, 4.69) is 15.3 Å². The van der Waals surface area contributed by atoms with Crippen LogP contribution in [0.15, 0.2) is 18.5 Å². The van der Waals surface area contributed by atoms with Crippen LogP contribution in [0, 0.1) is 6.92 Å². The first-order chi connectivity index (χ1) is 7.18. The van der Waals surface area contributed by atoms with E-state index in [1.807, 2.05) is 0 Å². The molecule has 0 aromatic carbocycles. The highest BCUT2D eigenvalue weighted by atomic mass is 16.2. The van der Waals surface area contributed by atoms with Crippen LogP contribution < -0.4 is 5.73 Å². The van der Waals surface area contributed by atoms with Gasteiger partial charge in [-0.3, -0.25) is 9.89 Å². The number of hydrogen-bond acceptors (Lipinski definition) is 4. The van der Waals surface area contributed by atoms with Crippen LogP contribution in [0.5, 0.6) is 0 Å². The van der Waals surface area contributed by atoms with Crippen LogP contribution in [0.3, 0.4) is 0 Å². The van der Waals surface area contributed by atoms with Crippen molar-refractivity contribution >= 4 is 11.6 Å². The Kier molecular flexibility index (Phi) is 2.24. The molecule has 6 heteroatoms. The number of nitrogen functional groups attached to an aromatic ring is 1. The maximum Gasteiger partial charge on any atom is 0.253 e. The number of H-pyrrole nitrogens is 1. The van der Waals surface area contributed by atoms with Gasteiger partial charge in [-0.1, -0.05) is 0 Å². The van der Waals surface area contributed by atoms with E-state index >= 15 is 0 Å². The lowest BCUT2D eigenvalue weighted by Gasteiger charge is -2.01. The highest BCUT2D eigenvalue weighted by Crippen LogP contribution is 2.09. The molecule has 0 spiro atoms. The van der Waals surface area contributed by atoms with Crippen molar-refractivity contribution in [1.82, 2.24) is 20.0 Å². The number of rotatable bonds is 2. The number of aromatic amines is 1. The predicted octanol–water partition coefficient (Wildman–Crippen LogP) is 0.380. The van der Waals surface area contributed by atoms with Crippen molar-refractivity contribution in [3.05, 3.63) is 29.8 Å². The van der Waals surface area contributed by atoms with E-state index in [9.17, 15) is 4.79 Å².